The highest BCUT2D eigenvalue weighted by atomic mass is 32.2. The molecule has 2 aromatic rings. The van der Waals surface area contributed by atoms with Crippen molar-refractivity contribution in [1.82, 2.24) is 10.6 Å². The van der Waals surface area contributed by atoms with Gasteiger partial charge in [-0.1, -0.05) is 48.9 Å². The Labute approximate surface area is 162 Å². The summed E-state index contributed by atoms with van der Waals surface area (Å²) in [6, 6.07) is 15.1. The average molecular weight is 389 g/mol. The van der Waals surface area contributed by atoms with Crippen LogP contribution in [0.3, 0.4) is 0 Å². The summed E-state index contributed by atoms with van der Waals surface area (Å²) < 4.78 is 23.0. The fourth-order valence-electron chi connectivity index (χ4n) is 2.60. The maximum absolute atomic E-state index is 11.5. The highest BCUT2D eigenvalue weighted by molar-refractivity contribution is 7.89. The monoisotopic (exact) mass is 388 g/mol. The summed E-state index contributed by atoms with van der Waals surface area (Å²) in [5.74, 6) is 1.03. The van der Waals surface area contributed by atoms with Crippen molar-refractivity contribution in [2.24, 2.45) is 10.1 Å². The van der Waals surface area contributed by atoms with E-state index in [1.807, 2.05) is 13.0 Å². The van der Waals surface area contributed by atoms with Gasteiger partial charge in [0.1, 0.15) is 0 Å². The molecule has 0 aliphatic rings. The lowest BCUT2D eigenvalue weighted by Crippen LogP contribution is -2.39. The second-order valence-corrected chi connectivity index (χ2v) is 8.14. The van der Waals surface area contributed by atoms with Crippen molar-refractivity contribution in [3.05, 3.63) is 65.2 Å². The van der Waals surface area contributed by atoms with E-state index in [0.29, 0.717) is 18.4 Å². The van der Waals surface area contributed by atoms with E-state index >= 15 is 0 Å². The predicted molar refractivity (Wildman–Crippen MR) is 110 cm³/mol. The van der Waals surface area contributed by atoms with Gasteiger partial charge in [0.05, 0.1) is 11.4 Å². The molecule has 0 radical (unpaired) electrons. The van der Waals surface area contributed by atoms with Crippen LogP contribution in [0.2, 0.25) is 0 Å². The molecule has 0 bridgehead atoms. The Balaban J connectivity index is 2.02. The Morgan fingerprint density at radius 1 is 1.15 bits per heavy atom. The minimum absolute atomic E-state index is 0.0983. The van der Waals surface area contributed by atoms with Gasteiger partial charge in [-0.05, 0) is 43.0 Å². The largest absolute Gasteiger partial charge is 0.357 e. The first-order valence-electron chi connectivity index (χ1n) is 9.00. The van der Waals surface area contributed by atoms with Crippen molar-refractivity contribution < 1.29 is 8.42 Å². The summed E-state index contributed by atoms with van der Waals surface area (Å²) in [5.41, 5.74) is 3.30. The van der Waals surface area contributed by atoms with Gasteiger partial charge in [0.25, 0.3) is 0 Å². The summed E-state index contributed by atoms with van der Waals surface area (Å²) in [6.07, 6.45) is 0. The first kappa shape index (κ1) is 20.9. The number of primary sulfonamides is 1. The van der Waals surface area contributed by atoms with E-state index in [1.54, 1.807) is 12.1 Å². The van der Waals surface area contributed by atoms with E-state index < -0.39 is 10.0 Å². The van der Waals surface area contributed by atoms with Crippen molar-refractivity contribution in [2.75, 3.05) is 13.1 Å². The fourth-order valence-corrected chi connectivity index (χ4v) is 3.18. The molecular weight excluding hydrogens is 360 g/mol. The lowest BCUT2D eigenvalue weighted by molar-refractivity contribution is 0.597. The fraction of sp³-hybridized carbons (Fsp3) is 0.350. The molecule has 0 heterocycles. The number of nitrogens with two attached hydrogens (primary N) is 1. The van der Waals surface area contributed by atoms with E-state index in [0.717, 1.165) is 18.7 Å². The molecule has 2 aromatic carbocycles. The van der Waals surface area contributed by atoms with Gasteiger partial charge in [-0.25, -0.2) is 18.5 Å². The highest BCUT2D eigenvalue weighted by Crippen LogP contribution is 2.15. The quantitative estimate of drug-likeness (QED) is 0.501. The second-order valence-electron chi connectivity index (χ2n) is 6.58. The molecule has 0 aliphatic carbocycles. The highest BCUT2D eigenvalue weighted by Gasteiger charge is 2.09. The molecule has 6 nitrogen and oxygen atoms in total. The minimum atomic E-state index is -3.71. The van der Waals surface area contributed by atoms with Crippen LogP contribution in [0.4, 0.5) is 0 Å². The lowest BCUT2D eigenvalue weighted by Gasteiger charge is -2.16. The number of nitrogens with one attached hydrogen (secondary N) is 2. The van der Waals surface area contributed by atoms with E-state index in [4.69, 9.17) is 5.14 Å². The van der Waals surface area contributed by atoms with E-state index in [1.165, 1.54) is 17.2 Å². The standard InChI is InChI=1S/C20H28N4O2S/c1-4-22-20(23-13-16(3)18-10-8-15(2)9-11-18)24-14-17-6-5-7-19(12-17)27(21,25)26/h5-12,16H,4,13-14H2,1-3H3,(H2,21,25,26)(H2,22,23,24). The Morgan fingerprint density at radius 3 is 2.48 bits per heavy atom. The Kier molecular flexibility index (Phi) is 7.38. The van der Waals surface area contributed by atoms with Crippen LogP contribution in [0.5, 0.6) is 0 Å². The van der Waals surface area contributed by atoms with Gasteiger partial charge in [0.2, 0.25) is 10.0 Å². The number of guanidine groups is 1. The second kappa shape index (κ2) is 9.53. The SMILES string of the molecule is CCNC(=NCc1cccc(S(N)(=O)=O)c1)NCC(C)c1ccc(C)cc1. The number of hydrogen-bond acceptors (Lipinski definition) is 3. The third kappa shape index (κ3) is 6.69. The molecule has 1 unspecified atom stereocenters. The molecule has 0 saturated carbocycles. The lowest BCUT2D eigenvalue weighted by atomic mass is 10.0. The molecule has 4 N–H and O–H groups in total. The number of nitrogens with zero attached hydrogens (tertiary/aromatic N) is 1. The number of rotatable bonds is 7. The van der Waals surface area contributed by atoms with Crippen molar-refractivity contribution in [1.29, 1.82) is 0 Å². The third-order valence-corrected chi connectivity index (χ3v) is 5.12. The zero-order valence-corrected chi connectivity index (χ0v) is 16.9. The minimum Gasteiger partial charge on any atom is -0.357 e. The Morgan fingerprint density at radius 2 is 1.85 bits per heavy atom. The van der Waals surface area contributed by atoms with Gasteiger partial charge in [0, 0.05) is 13.1 Å². The summed E-state index contributed by atoms with van der Waals surface area (Å²) >= 11 is 0. The Bertz CT molecular complexity index is 877. The van der Waals surface area contributed by atoms with Gasteiger partial charge in [-0.15, -0.1) is 0 Å². The number of aliphatic imine (C=N–C) groups is 1. The molecule has 7 heteroatoms. The smallest absolute Gasteiger partial charge is 0.238 e. The first-order valence-corrected chi connectivity index (χ1v) is 10.5. The van der Waals surface area contributed by atoms with Crippen LogP contribution in [-0.2, 0) is 16.6 Å². The molecule has 27 heavy (non-hydrogen) atoms. The van der Waals surface area contributed by atoms with Gasteiger partial charge in [-0.2, -0.15) is 0 Å². The van der Waals surface area contributed by atoms with Crippen molar-refractivity contribution >= 4 is 16.0 Å². The summed E-state index contributed by atoms with van der Waals surface area (Å²) in [7, 11) is -3.71. The molecule has 146 valence electrons. The van der Waals surface area contributed by atoms with E-state index in [2.05, 4.69) is 53.7 Å². The van der Waals surface area contributed by atoms with Crippen LogP contribution < -0.4 is 15.8 Å². The summed E-state index contributed by atoms with van der Waals surface area (Å²) in [6.45, 7) is 8.08. The van der Waals surface area contributed by atoms with Gasteiger partial charge >= 0.3 is 0 Å². The number of benzene rings is 2. The van der Waals surface area contributed by atoms with Crippen LogP contribution in [0.1, 0.15) is 36.5 Å². The normalized spacial score (nSPS) is 13.3. The van der Waals surface area contributed by atoms with Gasteiger partial charge < -0.3 is 10.6 Å². The average Bonchev–Trinajstić information content (AvgIpc) is 2.64. The molecule has 0 fully saturated rings. The zero-order valence-electron chi connectivity index (χ0n) is 16.1. The molecular formula is C20H28N4O2S. The molecule has 0 spiro atoms. The number of aryl methyl sites for hydroxylation is 1. The number of hydrogen-bond donors (Lipinski definition) is 3. The predicted octanol–water partition coefficient (Wildman–Crippen LogP) is 2.50. The van der Waals surface area contributed by atoms with Crippen LogP contribution in [0, 0.1) is 6.92 Å². The molecule has 1 atom stereocenters. The molecule has 0 aromatic heterocycles. The van der Waals surface area contributed by atoms with Gasteiger partial charge in [-0.3, -0.25) is 0 Å². The number of sulfonamides is 1. The van der Waals surface area contributed by atoms with E-state index in [-0.39, 0.29) is 4.90 Å². The molecule has 0 aliphatic heterocycles. The van der Waals surface area contributed by atoms with Crippen LogP contribution >= 0.6 is 0 Å². The molecule has 0 saturated heterocycles. The maximum Gasteiger partial charge on any atom is 0.238 e. The maximum atomic E-state index is 11.5. The van der Waals surface area contributed by atoms with Gasteiger partial charge in [0.15, 0.2) is 5.96 Å². The first-order chi connectivity index (χ1) is 12.8. The zero-order chi connectivity index (χ0) is 19.9. The van der Waals surface area contributed by atoms with Crippen LogP contribution in [0.15, 0.2) is 58.4 Å². The van der Waals surface area contributed by atoms with Crippen molar-refractivity contribution in [3.63, 3.8) is 0 Å². The molecule has 2 rings (SSSR count). The molecule has 0 amide bonds. The Hall–Kier alpha value is -2.38. The van der Waals surface area contributed by atoms with Crippen molar-refractivity contribution in [2.45, 2.75) is 38.1 Å². The van der Waals surface area contributed by atoms with E-state index in [9.17, 15) is 8.42 Å². The van der Waals surface area contributed by atoms with Crippen molar-refractivity contribution in [3.8, 4) is 0 Å². The van der Waals surface area contributed by atoms with Crippen LogP contribution in [-0.4, -0.2) is 27.5 Å². The summed E-state index contributed by atoms with van der Waals surface area (Å²) in [4.78, 5) is 4.64. The summed E-state index contributed by atoms with van der Waals surface area (Å²) in [5, 5.41) is 11.7. The third-order valence-electron chi connectivity index (χ3n) is 4.21. The topological polar surface area (TPSA) is 96.6 Å². The van der Waals surface area contributed by atoms with Crippen LogP contribution in [0.25, 0.3) is 0 Å².